The van der Waals surface area contributed by atoms with E-state index in [4.69, 9.17) is 16.7 Å². The van der Waals surface area contributed by atoms with Crippen LogP contribution in [0.4, 0.5) is 0 Å². The molecule has 0 saturated heterocycles. The molecule has 0 atom stereocenters. The molecule has 6 heteroatoms. The number of carboxylic acids is 1. The summed E-state index contributed by atoms with van der Waals surface area (Å²) < 4.78 is 1.85. The first-order valence-corrected chi connectivity index (χ1v) is 7.99. The Morgan fingerprint density at radius 1 is 1.38 bits per heavy atom. The van der Waals surface area contributed by atoms with E-state index in [1.54, 1.807) is 0 Å². The van der Waals surface area contributed by atoms with Gasteiger partial charge in [-0.15, -0.1) is 0 Å². The second kappa shape index (κ2) is 7.00. The minimum absolute atomic E-state index is 0.0316. The van der Waals surface area contributed by atoms with Crippen molar-refractivity contribution in [2.24, 2.45) is 0 Å². The average molecular weight is 325 g/mol. The first kappa shape index (κ1) is 15.9. The molecule has 2 aromatic rings. The summed E-state index contributed by atoms with van der Waals surface area (Å²) >= 11 is 7.18. The van der Waals surface area contributed by atoms with Gasteiger partial charge in [-0.2, -0.15) is 5.10 Å². The van der Waals surface area contributed by atoms with E-state index in [-0.39, 0.29) is 5.75 Å². The molecular formula is C15H17ClN2O2S. The highest BCUT2D eigenvalue weighted by Gasteiger charge is 2.12. The normalized spacial score (nSPS) is 11.0. The minimum Gasteiger partial charge on any atom is -0.481 e. The van der Waals surface area contributed by atoms with Crippen LogP contribution in [0.15, 0.2) is 35.4 Å². The molecule has 0 spiro atoms. The van der Waals surface area contributed by atoms with Crippen LogP contribution in [0.25, 0.3) is 0 Å². The first-order chi connectivity index (χ1) is 9.95. The van der Waals surface area contributed by atoms with Crippen LogP contribution in [0.5, 0.6) is 0 Å². The third-order valence-corrected chi connectivity index (χ3v) is 4.21. The molecule has 1 N–H and O–H groups in total. The Hall–Kier alpha value is -1.46. The Morgan fingerprint density at radius 3 is 2.62 bits per heavy atom. The van der Waals surface area contributed by atoms with Gasteiger partial charge in [0.1, 0.15) is 0 Å². The topological polar surface area (TPSA) is 55.1 Å². The standard InChI is InChI=1S/C15H17ClN2O2S/c1-10(2)13-7-14(21-9-15(19)20)18(17-13)8-11-3-5-12(16)6-4-11/h3-7,10H,8-9H2,1-2H3,(H,19,20). The van der Waals surface area contributed by atoms with E-state index < -0.39 is 5.97 Å². The fourth-order valence-corrected chi connectivity index (χ4v) is 2.68. The van der Waals surface area contributed by atoms with Gasteiger partial charge in [0, 0.05) is 5.02 Å². The SMILES string of the molecule is CC(C)c1cc(SCC(=O)O)n(Cc2ccc(Cl)cc2)n1. The highest BCUT2D eigenvalue weighted by atomic mass is 35.5. The summed E-state index contributed by atoms with van der Waals surface area (Å²) in [6.07, 6.45) is 0. The van der Waals surface area contributed by atoms with Crippen LogP contribution >= 0.6 is 23.4 Å². The van der Waals surface area contributed by atoms with Crippen molar-refractivity contribution < 1.29 is 9.90 Å². The van der Waals surface area contributed by atoms with E-state index >= 15 is 0 Å². The predicted molar refractivity (Wildman–Crippen MR) is 85.2 cm³/mol. The summed E-state index contributed by atoms with van der Waals surface area (Å²) in [7, 11) is 0. The summed E-state index contributed by atoms with van der Waals surface area (Å²) in [6, 6.07) is 9.55. The van der Waals surface area contributed by atoms with Crippen LogP contribution in [0, 0.1) is 0 Å². The van der Waals surface area contributed by atoms with Gasteiger partial charge in [0.25, 0.3) is 0 Å². The second-order valence-corrected chi connectivity index (χ2v) is 6.46. The number of carboxylic acid groups (broad SMARTS) is 1. The number of thioether (sulfide) groups is 1. The van der Waals surface area contributed by atoms with Crippen molar-refractivity contribution in [1.82, 2.24) is 9.78 Å². The lowest BCUT2D eigenvalue weighted by Gasteiger charge is -2.06. The highest BCUT2D eigenvalue weighted by molar-refractivity contribution is 7.99. The van der Waals surface area contributed by atoms with Crippen molar-refractivity contribution in [3.05, 3.63) is 46.6 Å². The summed E-state index contributed by atoms with van der Waals surface area (Å²) in [4.78, 5) is 10.8. The number of rotatable bonds is 6. The van der Waals surface area contributed by atoms with Gasteiger partial charge in [-0.3, -0.25) is 9.48 Å². The van der Waals surface area contributed by atoms with Gasteiger partial charge in [0.05, 0.1) is 23.0 Å². The van der Waals surface area contributed by atoms with Crippen molar-refractivity contribution in [1.29, 1.82) is 0 Å². The van der Waals surface area contributed by atoms with Crippen molar-refractivity contribution >= 4 is 29.3 Å². The Balaban J connectivity index is 2.22. The maximum absolute atomic E-state index is 10.8. The van der Waals surface area contributed by atoms with Gasteiger partial charge in [-0.25, -0.2) is 0 Å². The third kappa shape index (κ3) is 4.51. The zero-order valence-electron chi connectivity index (χ0n) is 11.9. The van der Waals surface area contributed by atoms with Gasteiger partial charge < -0.3 is 5.11 Å². The molecule has 0 fully saturated rings. The molecule has 0 amide bonds. The van der Waals surface area contributed by atoms with Crippen molar-refractivity contribution in [2.45, 2.75) is 31.3 Å². The largest absolute Gasteiger partial charge is 0.481 e. The fraction of sp³-hybridized carbons (Fsp3) is 0.333. The van der Waals surface area contributed by atoms with Gasteiger partial charge in [-0.1, -0.05) is 49.3 Å². The molecule has 1 heterocycles. The molecular weight excluding hydrogens is 308 g/mol. The van der Waals surface area contributed by atoms with Crippen LogP contribution in [0.3, 0.4) is 0 Å². The molecule has 0 aliphatic heterocycles. The quantitative estimate of drug-likeness (QED) is 0.819. The number of halogens is 1. The van der Waals surface area contributed by atoms with E-state index in [1.807, 2.05) is 35.0 Å². The zero-order chi connectivity index (χ0) is 15.4. The molecule has 0 bridgehead atoms. The lowest BCUT2D eigenvalue weighted by atomic mass is 10.1. The number of hydrogen-bond donors (Lipinski definition) is 1. The summed E-state index contributed by atoms with van der Waals surface area (Å²) in [5, 5.41) is 15.0. The fourth-order valence-electron chi connectivity index (χ4n) is 1.83. The van der Waals surface area contributed by atoms with Gasteiger partial charge >= 0.3 is 5.97 Å². The van der Waals surface area contributed by atoms with Gasteiger partial charge in [0.2, 0.25) is 0 Å². The Kier molecular flexibility index (Phi) is 5.31. The van der Waals surface area contributed by atoms with E-state index in [0.29, 0.717) is 17.5 Å². The van der Waals surface area contributed by atoms with Crippen LogP contribution in [-0.2, 0) is 11.3 Å². The summed E-state index contributed by atoms with van der Waals surface area (Å²) in [5.74, 6) is -0.491. The van der Waals surface area contributed by atoms with Crippen LogP contribution in [0.2, 0.25) is 5.02 Å². The number of aromatic nitrogens is 2. The van der Waals surface area contributed by atoms with Crippen molar-refractivity contribution in [2.75, 3.05) is 5.75 Å². The molecule has 0 aliphatic carbocycles. The molecule has 2 rings (SSSR count). The van der Waals surface area contributed by atoms with Gasteiger partial charge in [0.15, 0.2) is 0 Å². The molecule has 112 valence electrons. The van der Waals surface area contributed by atoms with E-state index in [9.17, 15) is 4.79 Å². The number of aliphatic carboxylic acids is 1. The monoisotopic (exact) mass is 324 g/mol. The van der Waals surface area contributed by atoms with Crippen molar-refractivity contribution in [3.8, 4) is 0 Å². The number of carbonyl (C=O) groups is 1. The number of benzene rings is 1. The molecule has 0 radical (unpaired) electrons. The Morgan fingerprint density at radius 2 is 2.05 bits per heavy atom. The Labute approximate surface area is 133 Å². The number of hydrogen-bond acceptors (Lipinski definition) is 3. The van der Waals surface area contributed by atoms with Crippen LogP contribution in [-0.4, -0.2) is 26.6 Å². The molecule has 4 nitrogen and oxygen atoms in total. The lowest BCUT2D eigenvalue weighted by molar-refractivity contribution is -0.133. The summed E-state index contributed by atoms with van der Waals surface area (Å²) in [6.45, 7) is 4.74. The third-order valence-electron chi connectivity index (χ3n) is 2.94. The van der Waals surface area contributed by atoms with Gasteiger partial charge in [-0.05, 0) is 29.7 Å². The molecule has 1 aromatic carbocycles. The Bertz CT molecular complexity index is 623. The molecule has 21 heavy (non-hydrogen) atoms. The molecule has 0 aliphatic rings. The van der Waals surface area contributed by atoms with Crippen molar-refractivity contribution in [3.63, 3.8) is 0 Å². The van der Waals surface area contributed by atoms with E-state index in [2.05, 4.69) is 18.9 Å². The first-order valence-electron chi connectivity index (χ1n) is 6.62. The second-order valence-electron chi connectivity index (χ2n) is 5.03. The van der Waals surface area contributed by atoms with Crippen LogP contribution < -0.4 is 0 Å². The predicted octanol–water partition coefficient (Wildman–Crippen LogP) is 3.88. The summed E-state index contributed by atoms with van der Waals surface area (Å²) in [5.41, 5.74) is 2.05. The van der Waals surface area contributed by atoms with E-state index in [0.717, 1.165) is 16.3 Å². The average Bonchev–Trinajstić information content (AvgIpc) is 2.82. The molecule has 1 aromatic heterocycles. The maximum Gasteiger partial charge on any atom is 0.313 e. The zero-order valence-corrected chi connectivity index (χ0v) is 13.5. The highest BCUT2D eigenvalue weighted by Crippen LogP contribution is 2.24. The molecule has 0 unspecified atom stereocenters. The smallest absolute Gasteiger partial charge is 0.313 e. The number of nitrogens with zero attached hydrogens (tertiary/aromatic N) is 2. The minimum atomic E-state index is -0.828. The van der Waals surface area contributed by atoms with E-state index in [1.165, 1.54) is 11.8 Å². The molecule has 0 saturated carbocycles. The van der Waals surface area contributed by atoms with Crippen LogP contribution in [0.1, 0.15) is 31.0 Å². The maximum atomic E-state index is 10.8. The lowest BCUT2D eigenvalue weighted by Crippen LogP contribution is -2.06.